The maximum Gasteiger partial charge on any atom is 0.330 e. The normalized spacial score (nSPS) is 10.8. The maximum absolute atomic E-state index is 11.9. The van der Waals surface area contributed by atoms with Gasteiger partial charge < -0.3 is 14.8 Å². The van der Waals surface area contributed by atoms with E-state index >= 15 is 0 Å². The number of ether oxygens (including phenoxy) is 2. The average molecular weight is 498 g/mol. The molecule has 0 bridgehead atoms. The predicted octanol–water partition coefficient (Wildman–Crippen LogP) is 7.07. The Hall–Kier alpha value is -2.70. The molecule has 6 heteroatoms. The summed E-state index contributed by atoms with van der Waals surface area (Å²) in [5, 5.41) is 3.42. The molecule has 3 rings (SSSR count). The van der Waals surface area contributed by atoms with E-state index in [4.69, 9.17) is 9.47 Å². The Labute approximate surface area is 195 Å². The van der Waals surface area contributed by atoms with Crippen LogP contribution in [0.3, 0.4) is 0 Å². The average Bonchev–Trinajstić information content (AvgIpc) is 2.79. The molecule has 0 radical (unpaired) electrons. The topological polar surface area (TPSA) is 47.6 Å². The third kappa shape index (κ3) is 6.91. The Bertz CT molecular complexity index is 1050. The second kappa shape index (κ2) is 11.6. The number of hydrogen-bond donors (Lipinski definition) is 1. The van der Waals surface area contributed by atoms with Gasteiger partial charge in [-0.15, -0.1) is 11.8 Å². The summed E-state index contributed by atoms with van der Waals surface area (Å²) in [6.07, 6.45) is 3.23. The van der Waals surface area contributed by atoms with Crippen LogP contribution in [0.25, 0.3) is 6.08 Å². The maximum atomic E-state index is 11.9. The zero-order valence-corrected chi connectivity index (χ0v) is 19.8. The van der Waals surface area contributed by atoms with Crippen LogP contribution in [-0.2, 0) is 15.3 Å². The van der Waals surface area contributed by atoms with Crippen LogP contribution in [0.5, 0.6) is 5.75 Å². The van der Waals surface area contributed by atoms with Crippen molar-refractivity contribution in [1.29, 1.82) is 0 Å². The number of benzene rings is 3. The van der Waals surface area contributed by atoms with Crippen LogP contribution in [0.15, 0.2) is 82.2 Å². The van der Waals surface area contributed by atoms with Gasteiger partial charge in [-0.2, -0.15) is 0 Å². The fourth-order valence-electron chi connectivity index (χ4n) is 2.88. The number of hydrogen-bond acceptors (Lipinski definition) is 5. The molecule has 4 nitrogen and oxygen atoms in total. The lowest BCUT2D eigenvalue weighted by Crippen LogP contribution is -2.00. The number of methoxy groups -OCH3 is 1. The summed E-state index contributed by atoms with van der Waals surface area (Å²) >= 11 is 5.21. The molecule has 1 N–H and O–H groups in total. The van der Waals surface area contributed by atoms with Crippen molar-refractivity contribution < 1.29 is 14.3 Å². The summed E-state index contributed by atoms with van der Waals surface area (Å²) in [7, 11) is 1.64. The number of rotatable bonds is 9. The van der Waals surface area contributed by atoms with Crippen LogP contribution in [-0.4, -0.2) is 19.7 Å². The van der Waals surface area contributed by atoms with Gasteiger partial charge in [0.05, 0.1) is 19.4 Å². The van der Waals surface area contributed by atoms with E-state index in [9.17, 15) is 4.79 Å². The number of carbonyl (C=O) groups is 1. The van der Waals surface area contributed by atoms with Crippen molar-refractivity contribution in [2.45, 2.75) is 17.6 Å². The third-order valence-corrected chi connectivity index (χ3v) is 5.95. The van der Waals surface area contributed by atoms with E-state index < -0.39 is 0 Å². The molecule has 160 valence electrons. The fraction of sp³-hybridized carbons (Fsp3) is 0.160. The summed E-state index contributed by atoms with van der Waals surface area (Å²) in [6, 6.07) is 22.3. The highest BCUT2D eigenvalue weighted by Crippen LogP contribution is 2.34. The van der Waals surface area contributed by atoms with Crippen LogP contribution in [0.1, 0.15) is 18.1 Å². The molecule has 0 saturated carbocycles. The standard InChI is InChI=1S/C25H24BrNO3S/c1-3-30-25(28)14-9-19-15-21(31-17-18-7-5-4-6-8-18)11-13-22(19)27-23-12-10-20(26)16-24(23)29-2/h4-16,27H,3,17H2,1-2H3. The van der Waals surface area contributed by atoms with E-state index in [1.165, 1.54) is 11.6 Å². The Kier molecular flexibility index (Phi) is 8.62. The van der Waals surface area contributed by atoms with E-state index in [1.807, 2.05) is 42.5 Å². The Morgan fingerprint density at radius 3 is 2.58 bits per heavy atom. The molecular weight excluding hydrogens is 474 g/mol. The van der Waals surface area contributed by atoms with Crippen molar-refractivity contribution in [3.8, 4) is 5.75 Å². The first-order valence-corrected chi connectivity index (χ1v) is 11.6. The van der Waals surface area contributed by atoms with E-state index in [0.717, 1.165) is 37.8 Å². The molecule has 0 fully saturated rings. The highest BCUT2D eigenvalue weighted by Gasteiger charge is 2.09. The molecule has 0 saturated heterocycles. The minimum Gasteiger partial charge on any atom is -0.495 e. The predicted molar refractivity (Wildman–Crippen MR) is 132 cm³/mol. The minimum atomic E-state index is -0.364. The Morgan fingerprint density at radius 1 is 1.06 bits per heavy atom. The summed E-state index contributed by atoms with van der Waals surface area (Å²) in [5.41, 5.74) is 3.85. The molecule has 0 amide bonds. The highest BCUT2D eigenvalue weighted by molar-refractivity contribution is 9.10. The zero-order valence-electron chi connectivity index (χ0n) is 17.4. The van der Waals surface area contributed by atoms with Crippen LogP contribution >= 0.6 is 27.7 Å². The van der Waals surface area contributed by atoms with Crippen molar-refractivity contribution in [1.82, 2.24) is 0 Å². The van der Waals surface area contributed by atoms with E-state index in [0.29, 0.717) is 6.61 Å². The molecular formula is C25H24BrNO3S. The van der Waals surface area contributed by atoms with Gasteiger partial charge >= 0.3 is 5.97 Å². The van der Waals surface area contributed by atoms with Crippen LogP contribution < -0.4 is 10.1 Å². The molecule has 0 heterocycles. The summed E-state index contributed by atoms with van der Waals surface area (Å²) < 4.78 is 11.5. The number of carbonyl (C=O) groups excluding carboxylic acids is 1. The van der Waals surface area contributed by atoms with Gasteiger partial charge in [0.15, 0.2) is 0 Å². The van der Waals surface area contributed by atoms with Crippen molar-refractivity contribution in [3.05, 3.63) is 88.4 Å². The molecule has 0 aliphatic carbocycles. The SMILES string of the molecule is CCOC(=O)C=Cc1cc(SCc2ccccc2)ccc1Nc1ccc(Br)cc1OC. The lowest BCUT2D eigenvalue weighted by atomic mass is 10.1. The van der Waals surface area contributed by atoms with Gasteiger partial charge in [-0.05, 0) is 60.5 Å². The van der Waals surface area contributed by atoms with Crippen LogP contribution in [0, 0.1) is 0 Å². The van der Waals surface area contributed by atoms with Gasteiger partial charge in [0.1, 0.15) is 5.75 Å². The molecule has 31 heavy (non-hydrogen) atoms. The zero-order chi connectivity index (χ0) is 22.1. The lowest BCUT2D eigenvalue weighted by molar-refractivity contribution is -0.137. The van der Waals surface area contributed by atoms with Gasteiger partial charge in [-0.1, -0.05) is 46.3 Å². The van der Waals surface area contributed by atoms with E-state index in [1.54, 1.807) is 31.9 Å². The van der Waals surface area contributed by atoms with Gasteiger partial charge in [0.25, 0.3) is 0 Å². The Morgan fingerprint density at radius 2 is 1.84 bits per heavy atom. The highest BCUT2D eigenvalue weighted by atomic mass is 79.9. The molecule has 0 unspecified atom stereocenters. The summed E-state index contributed by atoms with van der Waals surface area (Å²) in [4.78, 5) is 13.0. The molecule has 0 atom stereocenters. The quantitative estimate of drug-likeness (QED) is 0.194. The molecule has 0 aliphatic rings. The first kappa shape index (κ1) is 23.0. The minimum absolute atomic E-state index is 0.345. The second-order valence-electron chi connectivity index (χ2n) is 6.58. The first-order valence-electron chi connectivity index (χ1n) is 9.85. The smallest absolute Gasteiger partial charge is 0.330 e. The van der Waals surface area contributed by atoms with E-state index in [2.05, 4.69) is 45.5 Å². The number of halogens is 1. The number of nitrogens with one attached hydrogen (secondary N) is 1. The van der Waals surface area contributed by atoms with Crippen molar-refractivity contribution >= 4 is 51.1 Å². The lowest BCUT2D eigenvalue weighted by Gasteiger charge is -2.15. The molecule has 3 aromatic carbocycles. The van der Waals surface area contributed by atoms with E-state index in [-0.39, 0.29) is 5.97 Å². The molecule has 0 spiro atoms. The van der Waals surface area contributed by atoms with Crippen LogP contribution in [0.2, 0.25) is 0 Å². The number of thioether (sulfide) groups is 1. The number of anilines is 2. The second-order valence-corrected chi connectivity index (χ2v) is 8.54. The fourth-order valence-corrected chi connectivity index (χ4v) is 4.13. The molecule has 0 aliphatic heterocycles. The third-order valence-electron chi connectivity index (χ3n) is 4.39. The monoisotopic (exact) mass is 497 g/mol. The van der Waals surface area contributed by atoms with Crippen molar-refractivity contribution in [2.75, 3.05) is 19.0 Å². The van der Waals surface area contributed by atoms with Gasteiger partial charge in [-0.25, -0.2) is 4.79 Å². The van der Waals surface area contributed by atoms with Gasteiger partial charge in [0.2, 0.25) is 0 Å². The first-order chi connectivity index (χ1) is 15.1. The van der Waals surface area contributed by atoms with Crippen LogP contribution in [0.4, 0.5) is 11.4 Å². The van der Waals surface area contributed by atoms with Crippen molar-refractivity contribution in [2.24, 2.45) is 0 Å². The van der Waals surface area contributed by atoms with Gasteiger partial charge in [0, 0.05) is 26.9 Å². The van der Waals surface area contributed by atoms with Gasteiger partial charge in [-0.3, -0.25) is 0 Å². The molecule has 0 aromatic heterocycles. The van der Waals surface area contributed by atoms with Crippen molar-refractivity contribution in [3.63, 3.8) is 0 Å². The number of esters is 1. The summed E-state index contributed by atoms with van der Waals surface area (Å²) in [5.74, 6) is 1.23. The largest absolute Gasteiger partial charge is 0.495 e. The molecule has 3 aromatic rings. The Balaban J connectivity index is 1.87. The summed E-state index contributed by atoms with van der Waals surface area (Å²) in [6.45, 7) is 2.14.